The third-order valence-electron chi connectivity index (χ3n) is 3.28. The lowest BCUT2D eigenvalue weighted by Crippen LogP contribution is -2.35. The Morgan fingerprint density at radius 3 is 2.95 bits per heavy atom. The zero-order valence-corrected chi connectivity index (χ0v) is 11.2. The number of hydrogen-bond donors (Lipinski definition) is 2. The van der Waals surface area contributed by atoms with Gasteiger partial charge in [-0.15, -0.1) is 0 Å². The number of carbonyl (C=O) groups is 1. The molecule has 1 saturated heterocycles. The van der Waals surface area contributed by atoms with E-state index in [9.17, 15) is 9.90 Å². The Bertz CT molecular complexity index is 464. The molecule has 1 aliphatic rings. The number of aliphatic carboxylic acids is 1. The van der Waals surface area contributed by atoms with E-state index in [1.54, 1.807) is 17.2 Å². The van der Waals surface area contributed by atoms with Gasteiger partial charge in [0.2, 0.25) is 0 Å². The van der Waals surface area contributed by atoms with Gasteiger partial charge in [0.25, 0.3) is 0 Å². The first-order chi connectivity index (χ1) is 8.97. The van der Waals surface area contributed by atoms with E-state index in [1.807, 2.05) is 13.8 Å². The van der Waals surface area contributed by atoms with Gasteiger partial charge in [0.05, 0.1) is 11.8 Å². The number of nitrogens with zero attached hydrogens (tertiary/aromatic N) is 3. The fraction of sp³-hybridized carbons (Fsp3) is 0.615. The van der Waals surface area contributed by atoms with Crippen LogP contribution in [-0.4, -0.2) is 49.7 Å². The van der Waals surface area contributed by atoms with Gasteiger partial charge in [-0.3, -0.25) is 9.69 Å². The molecular formula is C13H19N3O3. The summed E-state index contributed by atoms with van der Waals surface area (Å²) in [6, 6.07) is 1.16. The molecule has 0 spiro atoms. The zero-order chi connectivity index (χ0) is 14.0. The molecule has 1 aromatic rings. The first-order valence-corrected chi connectivity index (χ1v) is 6.44. The predicted octanol–water partition coefficient (Wildman–Crippen LogP) is 0.620. The van der Waals surface area contributed by atoms with E-state index in [2.05, 4.69) is 9.97 Å². The zero-order valence-electron chi connectivity index (χ0n) is 11.2. The topological polar surface area (TPSA) is 86.5 Å². The summed E-state index contributed by atoms with van der Waals surface area (Å²) in [4.78, 5) is 21.5. The summed E-state index contributed by atoms with van der Waals surface area (Å²) in [7, 11) is 0. The number of carboxylic acid groups (broad SMARTS) is 1. The van der Waals surface area contributed by atoms with Crippen LogP contribution in [0.3, 0.4) is 0 Å². The number of carboxylic acids is 1. The van der Waals surface area contributed by atoms with Crippen LogP contribution in [0.4, 0.5) is 0 Å². The van der Waals surface area contributed by atoms with Gasteiger partial charge in [0, 0.05) is 31.6 Å². The van der Waals surface area contributed by atoms with Gasteiger partial charge in [-0.25, -0.2) is 9.97 Å². The highest BCUT2D eigenvalue weighted by Gasteiger charge is 2.35. The molecule has 6 heteroatoms. The number of aliphatic hydroxyl groups excluding tert-OH is 1. The highest BCUT2D eigenvalue weighted by atomic mass is 16.4. The van der Waals surface area contributed by atoms with Crippen LogP contribution in [0.5, 0.6) is 0 Å². The molecule has 0 unspecified atom stereocenters. The first-order valence-electron chi connectivity index (χ1n) is 6.44. The summed E-state index contributed by atoms with van der Waals surface area (Å²) in [6.07, 6.45) is 1.39. The molecule has 1 aromatic heterocycles. The SMILES string of the molecule is CC(C)c1nccc(CN2C[C@H](O)C[C@H]2C(=O)O)n1. The minimum Gasteiger partial charge on any atom is -0.480 e. The van der Waals surface area contributed by atoms with Gasteiger partial charge in [-0.1, -0.05) is 13.8 Å². The van der Waals surface area contributed by atoms with E-state index in [-0.39, 0.29) is 12.3 Å². The van der Waals surface area contributed by atoms with Crippen molar-refractivity contribution in [1.29, 1.82) is 0 Å². The van der Waals surface area contributed by atoms with Crippen molar-refractivity contribution >= 4 is 5.97 Å². The van der Waals surface area contributed by atoms with Crippen LogP contribution in [0, 0.1) is 0 Å². The smallest absolute Gasteiger partial charge is 0.321 e. The Morgan fingerprint density at radius 2 is 2.32 bits per heavy atom. The summed E-state index contributed by atoms with van der Waals surface area (Å²) in [6.45, 7) is 4.83. The summed E-state index contributed by atoms with van der Waals surface area (Å²) in [5, 5.41) is 18.7. The van der Waals surface area contributed by atoms with Crippen molar-refractivity contribution in [2.45, 2.75) is 44.9 Å². The molecule has 6 nitrogen and oxygen atoms in total. The second-order valence-electron chi connectivity index (χ2n) is 5.23. The van der Waals surface area contributed by atoms with Crippen LogP contribution >= 0.6 is 0 Å². The molecule has 0 amide bonds. The van der Waals surface area contributed by atoms with Crippen LogP contribution in [0.2, 0.25) is 0 Å². The molecule has 0 saturated carbocycles. The van der Waals surface area contributed by atoms with Crippen molar-refractivity contribution in [1.82, 2.24) is 14.9 Å². The average Bonchev–Trinajstić information content (AvgIpc) is 2.70. The van der Waals surface area contributed by atoms with Gasteiger partial charge < -0.3 is 10.2 Å². The molecule has 0 aliphatic carbocycles. The molecule has 0 radical (unpaired) electrons. The van der Waals surface area contributed by atoms with Crippen LogP contribution in [0.25, 0.3) is 0 Å². The van der Waals surface area contributed by atoms with Gasteiger partial charge in [-0.05, 0) is 6.07 Å². The number of hydrogen-bond acceptors (Lipinski definition) is 5. The fourth-order valence-electron chi connectivity index (χ4n) is 2.30. The van der Waals surface area contributed by atoms with Crippen molar-refractivity contribution in [2.75, 3.05) is 6.54 Å². The molecule has 0 aromatic carbocycles. The molecule has 1 fully saturated rings. The van der Waals surface area contributed by atoms with Crippen molar-refractivity contribution in [3.63, 3.8) is 0 Å². The summed E-state index contributed by atoms with van der Waals surface area (Å²) in [5.41, 5.74) is 0.791. The van der Waals surface area contributed by atoms with Crippen molar-refractivity contribution in [2.24, 2.45) is 0 Å². The molecule has 104 valence electrons. The van der Waals surface area contributed by atoms with E-state index in [0.717, 1.165) is 11.5 Å². The summed E-state index contributed by atoms with van der Waals surface area (Å²) < 4.78 is 0. The second kappa shape index (κ2) is 5.63. The summed E-state index contributed by atoms with van der Waals surface area (Å²) >= 11 is 0. The number of aromatic nitrogens is 2. The lowest BCUT2D eigenvalue weighted by molar-refractivity contribution is -0.142. The van der Waals surface area contributed by atoms with Crippen LogP contribution < -0.4 is 0 Å². The molecule has 2 atom stereocenters. The molecule has 2 rings (SSSR count). The largest absolute Gasteiger partial charge is 0.480 e. The normalized spacial score (nSPS) is 24.0. The maximum absolute atomic E-state index is 11.1. The molecule has 2 N–H and O–H groups in total. The third-order valence-corrected chi connectivity index (χ3v) is 3.28. The Balaban J connectivity index is 2.12. The van der Waals surface area contributed by atoms with E-state index in [1.165, 1.54) is 0 Å². The van der Waals surface area contributed by atoms with Crippen molar-refractivity contribution in [3.05, 3.63) is 23.8 Å². The standard InChI is InChI=1S/C13H19N3O3/c1-8(2)12-14-4-3-9(15-12)6-16-7-10(17)5-11(16)13(18)19/h3-4,8,10-11,17H,5-7H2,1-2H3,(H,18,19)/t10-,11+/m1/s1. The monoisotopic (exact) mass is 265 g/mol. The Hall–Kier alpha value is -1.53. The lowest BCUT2D eigenvalue weighted by atomic mass is 10.2. The van der Waals surface area contributed by atoms with Gasteiger partial charge in [-0.2, -0.15) is 0 Å². The third kappa shape index (κ3) is 3.27. The fourth-order valence-corrected chi connectivity index (χ4v) is 2.30. The number of likely N-dealkylation sites (tertiary alicyclic amines) is 1. The number of rotatable bonds is 4. The highest BCUT2D eigenvalue weighted by Crippen LogP contribution is 2.20. The Labute approximate surface area is 112 Å². The quantitative estimate of drug-likeness (QED) is 0.830. The van der Waals surface area contributed by atoms with Crippen LogP contribution in [0.15, 0.2) is 12.3 Å². The molecule has 0 bridgehead atoms. The van der Waals surface area contributed by atoms with E-state index in [0.29, 0.717) is 13.1 Å². The van der Waals surface area contributed by atoms with Crippen molar-refractivity contribution in [3.8, 4) is 0 Å². The first kappa shape index (κ1) is 13.9. The molecule has 1 aliphatic heterocycles. The van der Waals surface area contributed by atoms with E-state index in [4.69, 9.17) is 5.11 Å². The number of β-amino-alcohol motifs (C(OH)–C–C–N with tert-alkyl or cyclic N) is 1. The van der Waals surface area contributed by atoms with Gasteiger partial charge in [0.15, 0.2) is 0 Å². The maximum atomic E-state index is 11.1. The molecule has 19 heavy (non-hydrogen) atoms. The average molecular weight is 265 g/mol. The summed E-state index contributed by atoms with van der Waals surface area (Å²) in [5.74, 6) is 0.0956. The van der Waals surface area contributed by atoms with Crippen molar-refractivity contribution < 1.29 is 15.0 Å². The second-order valence-corrected chi connectivity index (χ2v) is 5.23. The lowest BCUT2D eigenvalue weighted by Gasteiger charge is -2.20. The van der Waals surface area contributed by atoms with Gasteiger partial charge in [0.1, 0.15) is 11.9 Å². The van der Waals surface area contributed by atoms with E-state index < -0.39 is 18.1 Å². The van der Waals surface area contributed by atoms with Gasteiger partial charge >= 0.3 is 5.97 Å². The van der Waals surface area contributed by atoms with Crippen LogP contribution in [-0.2, 0) is 11.3 Å². The van der Waals surface area contributed by atoms with E-state index >= 15 is 0 Å². The number of aliphatic hydroxyl groups is 1. The Kier molecular flexibility index (Phi) is 4.11. The molecule has 2 heterocycles. The minimum atomic E-state index is -0.894. The molecular weight excluding hydrogens is 246 g/mol. The minimum absolute atomic E-state index is 0.236. The highest BCUT2D eigenvalue weighted by molar-refractivity contribution is 5.74. The Morgan fingerprint density at radius 1 is 1.58 bits per heavy atom. The maximum Gasteiger partial charge on any atom is 0.321 e. The predicted molar refractivity (Wildman–Crippen MR) is 68.6 cm³/mol. The van der Waals surface area contributed by atoms with Crippen LogP contribution in [0.1, 0.15) is 37.7 Å².